The second-order valence-corrected chi connectivity index (χ2v) is 7.68. The van der Waals surface area contributed by atoms with Crippen LogP contribution in [0.2, 0.25) is 0 Å². The van der Waals surface area contributed by atoms with E-state index in [0.717, 1.165) is 50.8 Å². The van der Waals surface area contributed by atoms with Crippen LogP contribution in [0.5, 0.6) is 0 Å². The summed E-state index contributed by atoms with van der Waals surface area (Å²) in [6.45, 7) is 6.09. The van der Waals surface area contributed by atoms with Gasteiger partial charge in [0, 0.05) is 16.1 Å². The van der Waals surface area contributed by atoms with Crippen molar-refractivity contribution in [2.75, 3.05) is 5.32 Å². The highest BCUT2D eigenvalue weighted by molar-refractivity contribution is 7.12. The number of nitrogens with zero attached hydrogens (tertiary/aromatic N) is 1. The number of para-hydroxylation sites is 1. The Kier molecular flexibility index (Phi) is 6.01. The average Bonchev–Trinajstić information content (AvgIpc) is 3.02. The Bertz CT molecular complexity index is 925. The molecule has 0 radical (unpaired) electrons. The molecule has 0 saturated carbocycles. The summed E-state index contributed by atoms with van der Waals surface area (Å²) < 4.78 is 13.2. The van der Waals surface area contributed by atoms with Gasteiger partial charge in [0.25, 0.3) is 0 Å². The summed E-state index contributed by atoms with van der Waals surface area (Å²) in [5.41, 5.74) is 4.79. The topological polar surface area (TPSA) is 42.0 Å². The molecule has 0 saturated heterocycles. The average molecular weight is 383 g/mol. The van der Waals surface area contributed by atoms with Crippen LogP contribution >= 0.6 is 11.3 Å². The van der Waals surface area contributed by atoms with Crippen LogP contribution in [0, 0.1) is 12.7 Å². The first kappa shape index (κ1) is 19.2. The minimum atomic E-state index is -0.284. The van der Waals surface area contributed by atoms with E-state index < -0.39 is 0 Å². The number of amides is 1. The Hall–Kier alpha value is -2.53. The van der Waals surface area contributed by atoms with E-state index in [0.29, 0.717) is 0 Å². The van der Waals surface area contributed by atoms with Crippen LogP contribution < -0.4 is 5.32 Å². The molecule has 0 aliphatic rings. The molecule has 0 unspecified atom stereocenters. The molecule has 0 aliphatic carbocycles. The summed E-state index contributed by atoms with van der Waals surface area (Å²) >= 11 is 1.51. The zero-order valence-corrected chi connectivity index (χ0v) is 16.6. The van der Waals surface area contributed by atoms with Gasteiger partial charge in [0.2, 0.25) is 5.91 Å². The number of hydrogen-bond donors (Lipinski definition) is 1. The van der Waals surface area contributed by atoms with Crippen LogP contribution in [0.3, 0.4) is 0 Å². The van der Waals surface area contributed by atoms with E-state index in [1.807, 2.05) is 13.0 Å². The molecule has 3 nitrogen and oxygen atoms in total. The maximum atomic E-state index is 13.2. The zero-order valence-electron chi connectivity index (χ0n) is 15.8. The van der Waals surface area contributed by atoms with Crippen LogP contribution in [0.4, 0.5) is 10.1 Å². The number of hydrogen-bond acceptors (Lipinski definition) is 3. The third kappa shape index (κ3) is 4.42. The van der Waals surface area contributed by atoms with E-state index >= 15 is 0 Å². The fourth-order valence-corrected chi connectivity index (χ4v) is 4.11. The van der Waals surface area contributed by atoms with Gasteiger partial charge in [0.15, 0.2) is 0 Å². The van der Waals surface area contributed by atoms with Crippen LogP contribution in [0.25, 0.3) is 11.3 Å². The number of aryl methyl sites for hydroxylation is 3. The number of anilines is 1. The van der Waals surface area contributed by atoms with Crippen molar-refractivity contribution in [1.29, 1.82) is 0 Å². The van der Waals surface area contributed by atoms with Crippen LogP contribution in [0.1, 0.15) is 34.9 Å². The molecular formula is C22H23FN2OS. The zero-order chi connectivity index (χ0) is 19.4. The van der Waals surface area contributed by atoms with Gasteiger partial charge in [-0.15, -0.1) is 11.3 Å². The lowest BCUT2D eigenvalue weighted by Gasteiger charge is -2.14. The van der Waals surface area contributed by atoms with Gasteiger partial charge in [-0.25, -0.2) is 9.37 Å². The predicted octanol–water partition coefficient (Wildman–Crippen LogP) is 5.56. The molecule has 0 atom stereocenters. The van der Waals surface area contributed by atoms with Gasteiger partial charge in [0.1, 0.15) is 5.82 Å². The second kappa shape index (κ2) is 8.44. The molecule has 3 rings (SSSR count). The Morgan fingerprint density at radius 2 is 1.70 bits per heavy atom. The fraction of sp³-hybridized carbons (Fsp3) is 0.273. The third-order valence-electron chi connectivity index (χ3n) is 4.51. The Labute approximate surface area is 163 Å². The van der Waals surface area contributed by atoms with Crippen LogP contribution in [-0.2, 0) is 24.1 Å². The summed E-state index contributed by atoms with van der Waals surface area (Å²) in [6, 6.07) is 12.4. The molecular weight excluding hydrogens is 359 g/mol. The lowest BCUT2D eigenvalue weighted by atomic mass is 10.0. The van der Waals surface area contributed by atoms with Crippen molar-refractivity contribution < 1.29 is 9.18 Å². The van der Waals surface area contributed by atoms with Gasteiger partial charge in [-0.1, -0.05) is 32.0 Å². The van der Waals surface area contributed by atoms with E-state index in [2.05, 4.69) is 36.3 Å². The quantitative estimate of drug-likeness (QED) is 0.606. The minimum Gasteiger partial charge on any atom is -0.325 e. The summed E-state index contributed by atoms with van der Waals surface area (Å²) in [7, 11) is 0. The molecule has 3 aromatic rings. The predicted molar refractivity (Wildman–Crippen MR) is 110 cm³/mol. The normalized spacial score (nSPS) is 10.8. The highest BCUT2D eigenvalue weighted by Crippen LogP contribution is 2.29. The number of carbonyl (C=O) groups is 1. The largest absolute Gasteiger partial charge is 0.325 e. The van der Waals surface area contributed by atoms with Crippen molar-refractivity contribution in [3.63, 3.8) is 0 Å². The van der Waals surface area contributed by atoms with Gasteiger partial charge in [0.05, 0.1) is 17.1 Å². The molecule has 0 fully saturated rings. The standard InChI is InChI=1S/C22H23FN2OS/c1-4-15-7-6-8-16(5-2)21(15)25-20(26)13-19-22(24-14(3)27-19)17-9-11-18(23)12-10-17/h6-12H,4-5,13H2,1-3H3,(H,25,26). The molecule has 5 heteroatoms. The monoisotopic (exact) mass is 382 g/mol. The van der Waals surface area contributed by atoms with E-state index in [1.54, 1.807) is 12.1 Å². The van der Waals surface area contributed by atoms with E-state index in [9.17, 15) is 9.18 Å². The number of halogens is 1. The summed E-state index contributed by atoms with van der Waals surface area (Å²) in [5, 5.41) is 4.00. The first-order valence-corrected chi connectivity index (χ1v) is 9.96. The molecule has 1 aromatic heterocycles. The van der Waals surface area contributed by atoms with Crippen molar-refractivity contribution in [2.24, 2.45) is 0 Å². The number of rotatable bonds is 6. The smallest absolute Gasteiger partial charge is 0.229 e. The number of carbonyl (C=O) groups excluding carboxylic acids is 1. The number of aromatic nitrogens is 1. The molecule has 0 spiro atoms. The first-order chi connectivity index (χ1) is 13.0. The van der Waals surface area contributed by atoms with Crippen LogP contribution in [0.15, 0.2) is 42.5 Å². The Morgan fingerprint density at radius 3 is 2.30 bits per heavy atom. The minimum absolute atomic E-state index is 0.0578. The maximum Gasteiger partial charge on any atom is 0.229 e. The third-order valence-corrected chi connectivity index (χ3v) is 5.48. The Balaban J connectivity index is 1.85. The molecule has 0 aliphatic heterocycles. The van der Waals surface area contributed by atoms with E-state index in [1.165, 1.54) is 23.5 Å². The molecule has 1 heterocycles. The lowest BCUT2D eigenvalue weighted by molar-refractivity contribution is -0.115. The number of benzene rings is 2. The highest BCUT2D eigenvalue weighted by atomic mass is 32.1. The summed E-state index contributed by atoms with van der Waals surface area (Å²) in [5.74, 6) is -0.342. The Morgan fingerprint density at radius 1 is 1.07 bits per heavy atom. The molecule has 1 amide bonds. The molecule has 140 valence electrons. The fourth-order valence-electron chi connectivity index (χ4n) is 3.15. The van der Waals surface area contributed by atoms with Gasteiger partial charge in [-0.3, -0.25) is 4.79 Å². The van der Waals surface area contributed by atoms with Crippen molar-refractivity contribution >= 4 is 22.9 Å². The van der Waals surface area contributed by atoms with Gasteiger partial charge < -0.3 is 5.32 Å². The van der Waals surface area contributed by atoms with Crippen molar-refractivity contribution in [3.8, 4) is 11.3 Å². The van der Waals surface area contributed by atoms with E-state index in [4.69, 9.17) is 0 Å². The summed E-state index contributed by atoms with van der Waals surface area (Å²) in [4.78, 5) is 18.2. The first-order valence-electron chi connectivity index (χ1n) is 9.14. The van der Waals surface area contributed by atoms with Crippen molar-refractivity contribution in [2.45, 2.75) is 40.0 Å². The highest BCUT2D eigenvalue weighted by Gasteiger charge is 2.16. The lowest BCUT2D eigenvalue weighted by Crippen LogP contribution is -2.16. The number of thiazole rings is 1. The maximum absolute atomic E-state index is 13.2. The van der Waals surface area contributed by atoms with Crippen molar-refractivity contribution in [3.05, 3.63) is 69.3 Å². The molecule has 0 bridgehead atoms. The number of nitrogens with one attached hydrogen (secondary N) is 1. The van der Waals surface area contributed by atoms with Gasteiger partial charge >= 0.3 is 0 Å². The second-order valence-electron chi connectivity index (χ2n) is 6.39. The van der Waals surface area contributed by atoms with Gasteiger partial charge in [-0.05, 0) is 55.2 Å². The summed E-state index contributed by atoms with van der Waals surface area (Å²) in [6.07, 6.45) is 1.98. The molecule has 1 N–H and O–H groups in total. The molecule has 27 heavy (non-hydrogen) atoms. The van der Waals surface area contributed by atoms with Crippen LogP contribution in [-0.4, -0.2) is 10.9 Å². The van der Waals surface area contributed by atoms with Gasteiger partial charge in [-0.2, -0.15) is 0 Å². The SMILES string of the molecule is CCc1cccc(CC)c1NC(=O)Cc1sc(C)nc1-c1ccc(F)cc1. The molecule has 2 aromatic carbocycles. The van der Waals surface area contributed by atoms with E-state index in [-0.39, 0.29) is 18.1 Å². The van der Waals surface area contributed by atoms with Crippen molar-refractivity contribution in [1.82, 2.24) is 4.98 Å².